The number of hydrogen-bond donors (Lipinski definition) is 2. The molecule has 0 spiro atoms. The normalized spacial score (nSPS) is 11.7. The molecule has 2 N–H and O–H groups in total. The van der Waals surface area contributed by atoms with E-state index in [0.717, 1.165) is 59.3 Å². The van der Waals surface area contributed by atoms with Crippen LogP contribution in [0.5, 0.6) is 5.75 Å². The topological polar surface area (TPSA) is 65.7 Å². The summed E-state index contributed by atoms with van der Waals surface area (Å²) in [6.07, 6.45) is 2.83. The maximum atomic E-state index is 10.7. The molecule has 0 aliphatic rings. The van der Waals surface area contributed by atoms with Crippen molar-refractivity contribution in [1.82, 2.24) is 24.8 Å². The number of rotatable bonds is 7. The van der Waals surface area contributed by atoms with Crippen LogP contribution >= 0.6 is 0 Å². The number of benzene rings is 2. The monoisotopic (exact) mass is 389 g/mol. The number of nitrogens with zero attached hydrogens (tertiary/aromatic N) is 4. The third-order valence-corrected chi connectivity index (χ3v) is 5.24. The van der Waals surface area contributed by atoms with Gasteiger partial charge in [-0.3, -0.25) is 4.40 Å². The second-order valence-electron chi connectivity index (χ2n) is 7.81. The quantitative estimate of drug-likeness (QED) is 0.473. The molecular weight excluding hydrogens is 362 g/mol. The number of aromatic hydroxyl groups is 1. The van der Waals surface area contributed by atoms with E-state index >= 15 is 0 Å². The highest BCUT2D eigenvalue weighted by Crippen LogP contribution is 2.35. The number of fused-ring (bicyclic) bond motifs is 3. The highest BCUT2D eigenvalue weighted by molar-refractivity contribution is 5.92. The van der Waals surface area contributed by atoms with Gasteiger partial charge in [0.15, 0.2) is 5.65 Å². The SMILES string of the molecule is Cc1cc2nncn2c2cc(-c3cccc(CNCCCN(C)C)c3)c(O)cc12. The number of phenols is 1. The second kappa shape index (κ2) is 8.19. The fraction of sp³-hybridized carbons (Fsp3) is 0.304. The number of nitrogens with one attached hydrogen (secondary N) is 1. The van der Waals surface area contributed by atoms with Gasteiger partial charge in [0.2, 0.25) is 0 Å². The van der Waals surface area contributed by atoms with Gasteiger partial charge in [-0.05, 0) is 81.5 Å². The first-order valence-electron chi connectivity index (χ1n) is 9.94. The zero-order chi connectivity index (χ0) is 20.4. The molecular formula is C23H27N5O. The zero-order valence-electron chi connectivity index (χ0n) is 17.2. The predicted molar refractivity (Wildman–Crippen MR) is 117 cm³/mol. The highest BCUT2D eigenvalue weighted by Gasteiger charge is 2.12. The Kier molecular flexibility index (Phi) is 5.47. The molecule has 0 unspecified atom stereocenters. The Balaban J connectivity index is 1.63. The largest absolute Gasteiger partial charge is 0.507 e. The van der Waals surface area contributed by atoms with Crippen LogP contribution in [0.3, 0.4) is 0 Å². The minimum atomic E-state index is 0.282. The summed E-state index contributed by atoms with van der Waals surface area (Å²) in [6, 6.07) is 14.2. The van der Waals surface area contributed by atoms with Gasteiger partial charge in [-0.2, -0.15) is 0 Å². The molecule has 2 heterocycles. The van der Waals surface area contributed by atoms with Crippen LogP contribution in [0.1, 0.15) is 17.5 Å². The fourth-order valence-electron chi connectivity index (χ4n) is 3.72. The molecule has 0 atom stereocenters. The summed E-state index contributed by atoms with van der Waals surface area (Å²) in [7, 11) is 4.18. The van der Waals surface area contributed by atoms with Gasteiger partial charge >= 0.3 is 0 Å². The third kappa shape index (κ3) is 4.09. The Bertz CT molecular complexity index is 1150. The first-order valence-corrected chi connectivity index (χ1v) is 9.94. The molecule has 6 heteroatoms. The highest BCUT2D eigenvalue weighted by atomic mass is 16.3. The number of phenolic OH excluding ortho intramolecular Hbond substituents is 1. The van der Waals surface area contributed by atoms with Gasteiger partial charge in [-0.15, -0.1) is 10.2 Å². The van der Waals surface area contributed by atoms with Crippen LogP contribution in [0.4, 0.5) is 0 Å². The number of aromatic nitrogens is 3. The van der Waals surface area contributed by atoms with Gasteiger partial charge < -0.3 is 15.3 Å². The van der Waals surface area contributed by atoms with E-state index in [4.69, 9.17) is 0 Å². The lowest BCUT2D eigenvalue weighted by atomic mass is 9.99. The minimum absolute atomic E-state index is 0.282. The predicted octanol–water partition coefficient (Wildman–Crippen LogP) is 3.60. The first-order chi connectivity index (χ1) is 14.0. The van der Waals surface area contributed by atoms with Crippen molar-refractivity contribution >= 4 is 16.6 Å². The van der Waals surface area contributed by atoms with Crippen molar-refractivity contribution in [2.75, 3.05) is 27.2 Å². The summed E-state index contributed by atoms with van der Waals surface area (Å²) in [5, 5.41) is 23.4. The van der Waals surface area contributed by atoms with Gasteiger partial charge in [0.05, 0.1) is 5.52 Å². The van der Waals surface area contributed by atoms with Gasteiger partial charge in [0, 0.05) is 17.5 Å². The van der Waals surface area contributed by atoms with Crippen LogP contribution in [0, 0.1) is 6.92 Å². The summed E-state index contributed by atoms with van der Waals surface area (Å²) >= 11 is 0. The lowest BCUT2D eigenvalue weighted by Crippen LogP contribution is -2.20. The summed E-state index contributed by atoms with van der Waals surface area (Å²) in [5.74, 6) is 0.282. The standard InChI is InChI=1S/C23H27N5O/c1-16-10-23-26-25-15-28(23)21-12-20(22(29)13-19(16)21)18-7-4-6-17(11-18)14-24-8-5-9-27(2)3/h4,6-7,10-13,15,24,29H,5,8-9,14H2,1-3H3. The number of aryl methyl sites for hydroxylation is 1. The molecule has 150 valence electrons. The number of hydrogen-bond acceptors (Lipinski definition) is 5. The lowest BCUT2D eigenvalue weighted by molar-refractivity contribution is 0.394. The van der Waals surface area contributed by atoms with Crippen molar-refractivity contribution in [2.45, 2.75) is 19.9 Å². The van der Waals surface area contributed by atoms with E-state index in [0.29, 0.717) is 0 Å². The van der Waals surface area contributed by atoms with Crippen LogP contribution in [0.25, 0.3) is 27.7 Å². The van der Waals surface area contributed by atoms with Crippen molar-refractivity contribution < 1.29 is 5.11 Å². The molecule has 0 aliphatic heterocycles. The van der Waals surface area contributed by atoms with Gasteiger partial charge in [0.25, 0.3) is 0 Å². The van der Waals surface area contributed by atoms with E-state index < -0.39 is 0 Å². The van der Waals surface area contributed by atoms with E-state index in [9.17, 15) is 5.11 Å². The molecule has 4 rings (SSSR count). The van der Waals surface area contributed by atoms with Crippen molar-refractivity contribution in [2.24, 2.45) is 0 Å². The maximum absolute atomic E-state index is 10.7. The summed E-state index contributed by atoms with van der Waals surface area (Å²) in [5.41, 5.74) is 5.88. The Labute approximate surface area is 170 Å². The van der Waals surface area contributed by atoms with Crippen molar-refractivity contribution in [1.29, 1.82) is 0 Å². The number of pyridine rings is 1. The third-order valence-electron chi connectivity index (χ3n) is 5.24. The van der Waals surface area contributed by atoms with Crippen molar-refractivity contribution in [3.05, 3.63) is 59.9 Å². The van der Waals surface area contributed by atoms with Gasteiger partial charge in [-0.1, -0.05) is 18.2 Å². The maximum Gasteiger partial charge on any atom is 0.161 e. The van der Waals surface area contributed by atoms with Gasteiger partial charge in [-0.25, -0.2) is 0 Å². The molecule has 0 fully saturated rings. The van der Waals surface area contributed by atoms with Crippen LogP contribution in [0.2, 0.25) is 0 Å². The average Bonchev–Trinajstić information content (AvgIpc) is 3.16. The zero-order valence-corrected chi connectivity index (χ0v) is 17.2. The summed E-state index contributed by atoms with van der Waals surface area (Å²) < 4.78 is 1.96. The molecule has 29 heavy (non-hydrogen) atoms. The molecule has 0 saturated heterocycles. The first kappa shape index (κ1) is 19.4. The smallest absolute Gasteiger partial charge is 0.161 e. The van der Waals surface area contributed by atoms with Crippen LogP contribution in [-0.4, -0.2) is 51.8 Å². The second-order valence-corrected chi connectivity index (χ2v) is 7.81. The Morgan fingerprint density at radius 2 is 2.00 bits per heavy atom. The summed E-state index contributed by atoms with van der Waals surface area (Å²) in [6.45, 7) is 4.90. The molecule has 0 amide bonds. The van der Waals surface area contributed by atoms with Gasteiger partial charge in [0.1, 0.15) is 12.1 Å². The molecule has 0 saturated carbocycles. The average molecular weight is 390 g/mol. The molecule has 2 aromatic carbocycles. The van der Waals surface area contributed by atoms with E-state index in [-0.39, 0.29) is 5.75 Å². The van der Waals surface area contributed by atoms with E-state index in [1.54, 1.807) is 6.33 Å². The lowest BCUT2D eigenvalue weighted by Gasteiger charge is -2.12. The van der Waals surface area contributed by atoms with Crippen LogP contribution in [0.15, 0.2) is 48.8 Å². The van der Waals surface area contributed by atoms with E-state index in [1.165, 1.54) is 5.56 Å². The van der Waals surface area contributed by atoms with Crippen molar-refractivity contribution in [3.8, 4) is 16.9 Å². The summed E-state index contributed by atoms with van der Waals surface area (Å²) in [4.78, 5) is 2.19. The molecule has 2 aromatic heterocycles. The van der Waals surface area contributed by atoms with E-state index in [1.807, 2.05) is 41.7 Å². The molecule has 4 aromatic rings. The molecule has 0 aliphatic carbocycles. The molecule has 6 nitrogen and oxygen atoms in total. The van der Waals surface area contributed by atoms with Crippen LogP contribution in [-0.2, 0) is 6.54 Å². The fourth-order valence-corrected chi connectivity index (χ4v) is 3.72. The Morgan fingerprint density at radius 1 is 1.14 bits per heavy atom. The van der Waals surface area contributed by atoms with E-state index in [2.05, 4.69) is 46.6 Å². The van der Waals surface area contributed by atoms with Crippen LogP contribution < -0.4 is 5.32 Å². The molecule has 0 radical (unpaired) electrons. The van der Waals surface area contributed by atoms with Crippen molar-refractivity contribution in [3.63, 3.8) is 0 Å². The Hall–Kier alpha value is -2.96. The minimum Gasteiger partial charge on any atom is -0.507 e. The molecule has 0 bridgehead atoms. The Morgan fingerprint density at radius 3 is 2.83 bits per heavy atom.